The lowest BCUT2D eigenvalue weighted by Crippen LogP contribution is -2.46. The van der Waals surface area contributed by atoms with Gasteiger partial charge in [-0.25, -0.2) is 9.59 Å². The van der Waals surface area contributed by atoms with Crippen molar-refractivity contribution in [3.63, 3.8) is 0 Å². The molecule has 1 aliphatic heterocycles. The van der Waals surface area contributed by atoms with Crippen molar-refractivity contribution >= 4 is 40.5 Å². The zero-order valence-corrected chi connectivity index (χ0v) is 19.1. The number of ether oxygens (including phenoxy) is 2. The van der Waals surface area contributed by atoms with Crippen LogP contribution < -0.4 is 4.90 Å². The molecule has 2 amide bonds. The van der Waals surface area contributed by atoms with E-state index in [1.54, 1.807) is 9.80 Å². The summed E-state index contributed by atoms with van der Waals surface area (Å²) in [6.45, 7) is 12.0. The number of para-hydroxylation sites is 1. The van der Waals surface area contributed by atoms with Crippen LogP contribution in [0.5, 0.6) is 0 Å². The van der Waals surface area contributed by atoms with Crippen LogP contribution in [0.4, 0.5) is 15.3 Å². The topological polar surface area (TPSA) is 59.1 Å². The molecular formula is C20H29IN2O4. The quantitative estimate of drug-likeness (QED) is 0.548. The van der Waals surface area contributed by atoms with E-state index in [1.807, 2.05) is 65.8 Å². The molecule has 0 saturated carbocycles. The fourth-order valence-electron chi connectivity index (χ4n) is 2.85. The summed E-state index contributed by atoms with van der Waals surface area (Å²) in [5, 5.41) is 0. The minimum atomic E-state index is -0.598. The third-order valence-electron chi connectivity index (χ3n) is 3.88. The van der Waals surface area contributed by atoms with Gasteiger partial charge in [-0.05, 0) is 82.7 Å². The third kappa shape index (κ3) is 6.26. The summed E-state index contributed by atoms with van der Waals surface area (Å²) in [7, 11) is 0. The Labute approximate surface area is 175 Å². The minimum Gasteiger partial charge on any atom is -0.444 e. The predicted octanol–water partition coefficient (Wildman–Crippen LogP) is 5.04. The van der Waals surface area contributed by atoms with Gasteiger partial charge in [0.25, 0.3) is 0 Å². The second kappa shape index (κ2) is 8.24. The van der Waals surface area contributed by atoms with E-state index in [0.717, 1.165) is 9.26 Å². The number of likely N-dealkylation sites (tertiary alicyclic amines) is 1. The van der Waals surface area contributed by atoms with Gasteiger partial charge in [-0.3, -0.25) is 4.90 Å². The SMILES string of the molecule is CC(C)(C)OC(=O)N1CCC(N(C(=O)OC(C)(C)C)c2ccccc2I)C1. The molecule has 1 saturated heterocycles. The molecule has 1 unspecified atom stereocenters. The highest BCUT2D eigenvalue weighted by atomic mass is 127. The molecule has 1 fully saturated rings. The average molecular weight is 488 g/mol. The lowest BCUT2D eigenvalue weighted by Gasteiger charge is -2.32. The maximum Gasteiger partial charge on any atom is 0.415 e. The molecule has 150 valence electrons. The van der Waals surface area contributed by atoms with Gasteiger partial charge in [-0.1, -0.05) is 12.1 Å². The Morgan fingerprint density at radius 2 is 1.67 bits per heavy atom. The van der Waals surface area contributed by atoms with Gasteiger partial charge in [0.2, 0.25) is 0 Å². The highest BCUT2D eigenvalue weighted by Gasteiger charge is 2.38. The van der Waals surface area contributed by atoms with Crippen molar-refractivity contribution in [2.24, 2.45) is 0 Å². The molecule has 6 nitrogen and oxygen atoms in total. The maximum absolute atomic E-state index is 13.0. The van der Waals surface area contributed by atoms with E-state index in [9.17, 15) is 9.59 Å². The number of anilines is 1. The number of carbonyl (C=O) groups is 2. The van der Waals surface area contributed by atoms with Crippen LogP contribution in [0.3, 0.4) is 0 Å². The van der Waals surface area contributed by atoms with Gasteiger partial charge in [0.05, 0.1) is 11.7 Å². The summed E-state index contributed by atoms with van der Waals surface area (Å²) in [6, 6.07) is 7.52. The number of nitrogens with zero attached hydrogens (tertiary/aromatic N) is 2. The second-order valence-electron chi connectivity index (χ2n) is 8.67. The number of benzene rings is 1. The van der Waals surface area contributed by atoms with Crippen LogP contribution in [0, 0.1) is 3.57 Å². The molecular weight excluding hydrogens is 459 g/mol. The van der Waals surface area contributed by atoms with E-state index in [2.05, 4.69) is 22.6 Å². The highest BCUT2D eigenvalue weighted by Crippen LogP contribution is 2.30. The van der Waals surface area contributed by atoms with Crippen molar-refractivity contribution in [2.75, 3.05) is 18.0 Å². The number of hydrogen-bond acceptors (Lipinski definition) is 4. The molecule has 1 aromatic carbocycles. The number of carbonyl (C=O) groups excluding carboxylic acids is 2. The molecule has 0 N–H and O–H groups in total. The normalized spacial score (nSPS) is 17.6. The van der Waals surface area contributed by atoms with Crippen LogP contribution in [0.2, 0.25) is 0 Å². The van der Waals surface area contributed by atoms with Crippen LogP contribution in [-0.4, -0.2) is 47.4 Å². The molecule has 0 aliphatic carbocycles. The zero-order chi connectivity index (χ0) is 20.4. The lowest BCUT2D eigenvalue weighted by atomic mass is 10.2. The maximum atomic E-state index is 13.0. The van der Waals surface area contributed by atoms with E-state index >= 15 is 0 Å². The van der Waals surface area contributed by atoms with E-state index in [-0.39, 0.29) is 12.1 Å². The smallest absolute Gasteiger partial charge is 0.415 e. The summed E-state index contributed by atoms with van der Waals surface area (Å²) in [6.07, 6.45) is -0.0803. The second-order valence-corrected chi connectivity index (χ2v) is 9.83. The Bertz CT molecular complexity index is 694. The Morgan fingerprint density at radius 3 is 2.22 bits per heavy atom. The fraction of sp³-hybridized carbons (Fsp3) is 0.600. The number of hydrogen-bond donors (Lipinski definition) is 0. The van der Waals surface area contributed by atoms with Crippen molar-refractivity contribution in [2.45, 2.75) is 65.2 Å². The molecule has 0 bridgehead atoms. The third-order valence-corrected chi connectivity index (χ3v) is 4.79. The first-order valence-corrected chi connectivity index (χ1v) is 10.2. The number of amides is 2. The largest absolute Gasteiger partial charge is 0.444 e. The Morgan fingerprint density at radius 1 is 1.07 bits per heavy atom. The first-order chi connectivity index (χ1) is 12.4. The van der Waals surface area contributed by atoms with Gasteiger partial charge in [-0.15, -0.1) is 0 Å². The molecule has 1 heterocycles. The van der Waals surface area contributed by atoms with Crippen molar-refractivity contribution in [1.29, 1.82) is 0 Å². The van der Waals surface area contributed by atoms with Gasteiger partial charge >= 0.3 is 12.2 Å². The lowest BCUT2D eigenvalue weighted by molar-refractivity contribution is 0.0287. The van der Waals surface area contributed by atoms with Crippen molar-refractivity contribution in [3.05, 3.63) is 27.8 Å². The molecule has 27 heavy (non-hydrogen) atoms. The van der Waals surface area contributed by atoms with E-state index in [1.165, 1.54) is 0 Å². The van der Waals surface area contributed by atoms with Crippen molar-refractivity contribution < 1.29 is 19.1 Å². The fourth-order valence-corrected chi connectivity index (χ4v) is 3.49. The van der Waals surface area contributed by atoms with Crippen LogP contribution >= 0.6 is 22.6 Å². The van der Waals surface area contributed by atoms with Crippen LogP contribution in [-0.2, 0) is 9.47 Å². The molecule has 1 aliphatic rings. The molecule has 1 aromatic rings. The number of rotatable bonds is 2. The standard InChI is InChI=1S/C20H29IN2O4/c1-19(2,3)26-17(24)22-12-11-14(13-22)23(18(25)27-20(4,5)6)16-10-8-7-9-15(16)21/h7-10,14H,11-13H2,1-6H3. The molecule has 7 heteroatoms. The van der Waals surface area contributed by atoms with Crippen LogP contribution in [0.25, 0.3) is 0 Å². The summed E-state index contributed by atoms with van der Waals surface area (Å²) in [5.41, 5.74) is -0.350. The van der Waals surface area contributed by atoms with Crippen molar-refractivity contribution in [3.8, 4) is 0 Å². The first-order valence-electron chi connectivity index (χ1n) is 9.12. The van der Waals surface area contributed by atoms with Gasteiger partial charge < -0.3 is 14.4 Å². The average Bonchev–Trinajstić information content (AvgIpc) is 2.95. The molecule has 0 aromatic heterocycles. The summed E-state index contributed by atoms with van der Waals surface area (Å²) in [5.74, 6) is 0. The van der Waals surface area contributed by atoms with E-state index in [4.69, 9.17) is 9.47 Å². The Balaban J connectivity index is 2.24. The predicted molar refractivity (Wildman–Crippen MR) is 114 cm³/mol. The summed E-state index contributed by atoms with van der Waals surface area (Å²) < 4.78 is 12.1. The van der Waals surface area contributed by atoms with Gasteiger partial charge in [0.15, 0.2) is 0 Å². The Kier molecular flexibility index (Phi) is 6.65. The Hall–Kier alpha value is -1.51. The molecule has 0 radical (unpaired) electrons. The zero-order valence-electron chi connectivity index (χ0n) is 16.9. The first kappa shape index (κ1) is 21.8. The van der Waals surface area contributed by atoms with Gasteiger partial charge in [0, 0.05) is 16.7 Å². The summed E-state index contributed by atoms with van der Waals surface area (Å²) >= 11 is 2.21. The molecule has 1 atom stereocenters. The van der Waals surface area contributed by atoms with Gasteiger partial charge in [-0.2, -0.15) is 0 Å². The highest BCUT2D eigenvalue weighted by molar-refractivity contribution is 14.1. The van der Waals surface area contributed by atoms with Crippen LogP contribution in [0.1, 0.15) is 48.0 Å². The molecule has 2 rings (SSSR count). The summed E-state index contributed by atoms with van der Waals surface area (Å²) in [4.78, 5) is 28.7. The van der Waals surface area contributed by atoms with E-state index < -0.39 is 17.3 Å². The monoisotopic (exact) mass is 488 g/mol. The van der Waals surface area contributed by atoms with Gasteiger partial charge in [0.1, 0.15) is 11.2 Å². The number of halogens is 1. The van der Waals surface area contributed by atoms with E-state index in [0.29, 0.717) is 19.5 Å². The van der Waals surface area contributed by atoms with Crippen LogP contribution in [0.15, 0.2) is 24.3 Å². The van der Waals surface area contributed by atoms with Crippen molar-refractivity contribution in [1.82, 2.24) is 4.90 Å². The minimum absolute atomic E-state index is 0.164. The molecule has 0 spiro atoms.